The minimum absolute atomic E-state index is 0.100. The van der Waals surface area contributed by atoms with Crippen LogP contribution in [0, 0.1) is 6.92 Å². The summed E-state index contributed by atoms with van der Waals surface area (Å²) in [7, 11) is 1.90. The fourth-order valence-corrected chi connectivity index (χ4v) is 2.23. The van der Waals surface area contributed by atoms with Crippen molar-refractivity contribution in [1.29, 1.82) is 0 Å². The quantitative estimate of drug-likeness (QED) is 0.771. The SMILES string of the molecule is CC.Cc1cccc(C(=O)Nc2ccc3c(cnn3C)c2)c1. The number of fused-ring (bicyclic) bond motifs is 1. The molecule has 1 amide bonds. The Morgan fingerprint density at radius 2 is 1.91 bits per heavy atom. The lowest BCUT2D eigenvalue weighted by atomic mass is 10.1. The first-order chi connectivity index (χ1) is 10.6. The van der Waals surface area contributed by atoms with Gasteiger partial charge in [0.1, 0.15) is 0 Å². The highest BCUT2D eigenvalue weighted by molar-refractivity contribution is 6.05. The molecule has 1 N–H and O–H groups in total. The molecule has 2 aromatic carbocycles. The number of anilines is 1. The van der Waals surface area contributed by atoms with E-state index < -0.39 is 0 Å². The topological polar surface area (TPSA) is 46.9 Å². The van der Waals surface area contributed by atoms with Crippen molar-refractivity contribution in [2.24, 2.45) is 7.05 Å². The molecule has 0 aliphatic carbocycles. The maximum atomic E-state index is 12.2. The summed E-state index contributed by atoms with van der Waals surface area (Å²) in [6.07, 6.45) is 1.79. The van der Waals surface area contributed by atoms with Crippen LogP contribution in [0.15, 0.2) is 48.7 Å². The van der Waals surface area contributed by atoms with Gasteiger partial charge in [-0.05, 0) is 37.3 Å². The fraction of sp³-hybridized carbons (Fsp3) is 0.222. The van der Waals surface area contributed by atoms with Gasteiger partial charge in [-0.15, -0.1) is 0 Å². The standard InChI is InChI=1S/C16H15N3O.C2H6/c1-11-4-3-5-12(8-11)16(20)18-14-6-7-15-13(9-14)10-17-19(15)2;1-2/h3-10H,1-2H3,(H,18,20);1-2H3. The van der Waals surface area contributed by atoms with Gasteiger partial charge in [0.15, 0.2) is 0 Å². The molecule has 0 bridgehead atoms. The number of nitrogens with zero attached hydrogens (tertiary/aromatic N) is 2. The molecule has 0 aliphatic rings. The Kier molecular flexibility index (Phi) is 4.94. The van der Waals surface area contributed by atoms with Gasteiger partial charge in [-0.1, -0.05) is 31.5 Å². The minimum Gasteiger partial charge on any atom is -0.322 e. The third-order valence-corrected chi connectivity index (χ3v) is 3.28. The molecule has 0 unspecified atom stereocenters. The molecule has 1 aromatic heterocycles. The van der Waals surface area contributed by atoms with Gasteiger partial charge in [0.2, 0.25) is 0 Å². The lowest BCUT2D eigenvalue weighted by Crippen LogP contribution is -2.11. The smallest absolute Gasteiger partial charge is 0.255 e. The third kappa shape index (κ3) is 3.34. The van der Waals surface area contributed by atoms with Crippen LogP contribution in [-0.4, -0.2) is 15.7 Å². The predicted octanol–water partition coefficient (Wildman–Crippen LogP) is 4.16. The van der Waals surface area contributed by atoms with Crippen LogP contribution < -0.4 is 5.32 Å². The summed E-state index contributed by atoms with van der Waals surface area (Å²) in [5, 5.41) is 8.11. The van der Waals surface area contributed by atoms with E-state index in [2.05, 4.69) is 10.4 Å². The van der Waals surface area contributed by atoms with Crippen LogP contribution in [0.4, 0.5) is 5.69 Å². The first-order valence-electron chi connectivity index (χ1n) is 7.43. The van der Waals surface area contributed by atoms with Crippen LogP contribution >= 0.6 is 0 Å². The number of nitrogens with one attached hydrogen (secondary N) is 1. The van der Waals surface area contributed by atoms with Gasteiger partial charge in [0.05, 0.1) is 11.7 Å². The maximum absolute atomic E-state index is 12.2. The van der Waals surface area contributed by atoms with Crippen molar-refractivity contribution in [3.63, 3.8) is 0 Å². The Balaban J connectivity index is 0.000000847. The van der Waals surface area contributed by atoms with Crippen molar-refractivity contribution in [2.45, 2.75) is 20.8 Å². The molecule has 0 atom stereocenters. The second-order valence-corrected chi connectivity index (χ2v) is 4.87. The van der Waals surface area contributed by atoms with E-state index in [-0.39, 0.29) is 5.91 Å². The Hall–Kier alpha value is -2.62. The first kappa shape index (κ1) is 15.8. The number of aryl methyl sites for hydroxylation is 2. The van der Waals surface area contributed by atoms with Crippen LogP contribution in [0.1, 0.15) is 29.8 Å². The molecule has 22 heavy (non-hydrogen) atoms. The van der Waals surface area contributed by atoms with Crippen LogP contribution in [0.5, 0.6) is 0 Å². The normalized spacial score (nSPS) is 10.0. The van der Waals surface area contributed by atoms with E-state index in [4.69, 9.17) is 0 Å². The molecular formula is C18H21N3O. The van der Waals surface area contributed by atoms with Gasteiger partial charge >= 0.3 is 0 Å². The van der Waals surface area contributed by atoms with Crippen LogP contribution in [-0.2, 0) is 7.05 Å². The number of carbonyl (C=O) groups is 1. The van der Waals surface area contributed by atoms with Gasteiger partial charge in [0.25, 0.3) is 5.91 Å². The first-order valence-corrected chi connectivity index (χ1v) is 7.43. The molecule has 1 heterocycles. The summed E-state index contributed by atoms with van der Waals surface area (Å²) in [4.78, 5) is 12.2. The summed E-state index contributed by atoms with van der Waals surface area (Å²) in [6, 6.07) is 13.3. The van der Waals surface area contributed by atoms with E-state index in [0.717, 1.165) is 22.2 Å². The average molecular weight is 295 g/mol. The number of rotatable bonds is 2. The molecule has 0 saturated carbocycles. The number of aromatic nitrogens is 2. The van der Waals surface area contributed by atoms with Crippen molar-refractivity contribution < 1.29 is 4.79 Å². The van der Waals surface area contributed by atoms with Gasteiger partial charge in [-0.2, -0.15) is 5.10 Å². The number of hydrogen-bond donors (Lipinski definition) is 1. The van der Waals surface area contributed by atoms with E-state index in [9.17, 15) is 4.79 Å². The molecule has 0 fully saturated rings. The van der Waals surface area contributed by atoms with Crippen molar-refractivity contribution in [3.05, 3.63) is 59.8 Å². The number of carbonyl (C=O) groups excluding carboxylic acids is 1. The predicted molar refractivity (Wildman–Crippen MR) is 91.2 cm³/mol. The summed E-state index contributed by atoms with van der Waals surface area (Å²) in [5.41, 5.74) is 3.55. The molecule has 4 nitrogen and oxygen atoms in total. The zero-order valence-corrected chi connectivity index (χ0v) is 13.4. The molecule has 0 saturated heterocycles. The summed E-state index contributed by atoms with van der Waals surface area (Å²) in [6.45, 7) is 5.97. The van der Waals surface area contributed by atoms with Gasteiger partial charge in [0, 0.05) is 23.7 Å². The summed E-state index contributed by atoms with van der Waals surface area (Å²) in [5.74, 6) is -0.100. The van der Waals surface area contributed by atoms with Crippen molar-refractivity contribution in [1.82, 2.24) is 9.78 Å². The molecule has 0 aliphatic heterocycles. The second-order valence-electron chi connectivity index (χ2n) is 4.87. The van der Waals surface area contributed by atoms with Crippen molar-refractivity contribution in [2.75, 3.05) is 5.32 Å². The van der Waals surface area contributed by atoms with E-state index in [1.54, 1.807) is 6.20 Å². The Morgan fingerprint density at radius 3 is 2.64 bits per heavy atom. The molecular weight excluding hydrogens is 274 g/mol. The fourth-order valence-electron chi connectivity index (χ4n) is 2.23. The molecule has 3 rings (SSSR count). The third-order valence-electron chi connectivity index (χ3n) is 3.28. The van der Waals surface area contributed by atoms with Gasteiger partial charge in [-0.25, -0.2) is 0 Å². The summed E-state index contributed by atoms with van der Waals surface area (Å²) >= 11 is 0. The lowest BCUT2D eigenvalue weighted by molar-refractivity contribution is 0.102. The molecule has 4 heteroatoms. The highest BCUT2D eigenvalue weighted by atomic mass is 16.1. The average Bonchev–Trinajstić information content (AvgIpc) is 2.90. The Bertz CT molecular complexity index is 790. The highest BCUT2D eigenvalue weighted by Gasteiger charge is 2.07. The molecule has 0 radical (unpaired) electrons. The minimum atomic E-state index is -0.100. The molecule has 114 valence electrons. The zero-order chi connectivity index (χ0) is 16.1. The molecule has 3 aromatic rings. The van der Waals surface area contributed by atoms with Gasteiger partial charge in [-0.3, -0.25) is 9.48 Å². The summed E-state index contributed by atoms with van der Waals surface area (Å²) < 4.78 is 1.81. The largest absolute Gasteiger partial charge is 0.322 e. The number of hydrogen-bond acceptors (Lipinski definition) is 2. The Labute approximate surface area is 130 Å². The van der Waals surface area contributed by atoms with Crippen LogP contribution in [0.3, 0.4) is 0 Å². The second kappa shape index (κ2) is 6.89. The van der Waals surface area contributed by atoms with E-state index in [1.807, 2.05) is 75.0 Å². The Morgan fingerprint density at radius 1 is 1.14 bits per heavy atom. The highest BCUT2D eigenvalue weighted by Crippen LogP contribution is 2.19. The van der Waals surface area contributed by atoms with E-state index >= 15 is 0 Å². The van der Waals surface area contributed by atoms with Crippen molar-refractivity contribution >= 4 is 22.5 Å². The maximum Gasteiger partial charge on any atom is 0.255 e. The van der Waals surface area contributed by atoms with E-state index in [0.29, 0.717) is 5.56 Å². The van der Waals surface area contributed by atoms with Crippen LogP contribution in [0.2, 0.25) is 0 Å². The van der Waals surface area contributed by atoms with Crippen LogP contribution in [0.25, 0.3) is 10.9 Å². The monoisotopic (exact) mass is 295 g/mol. The number of amides is 1. The van der Waals surface area contributed by atoms with Crippen molar-refractivity contribution in [3.8, 4) is 0 Å². The lowest BCUT2D eigenvalue weighted by Gasteiger charge is -2.06. The molecule has 0 spiro atoms. The van der Waals surface area contributed by atoms with E-state index in [1.165, 1.54) is 0 Å². The van der Waals surface area contributed by atoms with Gasteiger partial charge < -0.3 is 5.32 Å². The number of benzene rings is 2. The zero-order valence-electron chi connectivity index (χ0n) is 13.4.